The normalized spacial score (nSPS) is 20.0. The van der Waals surface area contributed by atoms with Crippen molar-refractivity contribution in [1.82, 2.24) is 0 Å². The van der Waals surface area contributed by atoms with Crippen molar-refractivity contribution in [3.8, 4) is 5.75 Å². The first-order chi connectivity index (χ1) is 8.16. The Hall–Kier alpha value is -1.35. The van der Waals surface area contributed by atoms with Crippen LogP contribution in [-0.2, 0) is 4.74 Å². The Morgan fingerprint density at radius 2 is 2.24 bits per heavy atom. The van der Waals surface area contributed by atoms with Gasteiger partial charge in [-0.15, -0.1) is 0 Å². The van der Waals surface area contributed by atoms with E-state index < -0.39 is 0 Å². The van der Waals surface area contributed by atoms with Gasteiger partial charge in [0.05, 0.1) is 6.61 Å². The molecule has 1 heterocycles. The average molecular weight is 234 g/mol. The largest absolute Gasteiger partial charge is 0.465 e. The molecule has 2 rings (SSSR count). The molecule has 0 radical (unpaired) electrons. The standard InChI is InChI=1S/C14H18O3/c1-10-9-12(6-7-13(10)11(2)15)17-14-5-3-4-8-16-14/h6-7,9,14H,3-5,8H2,1-2H3/t14-/m0/s1. The van der Waals surface area contributed by atoms with Crippen LogP contribution in [-0.4, -0.2) is 18.7 Å². The van der Waals surface area contributed by atoms with E-state index in [1.807, 2.05) is 25.1 Å². The molecule has 0 unspecified atom stereocenters. The van der Waals surface area contributed by atoms with Crippen molar-refractivity contribution in [1.29, 1.82) is 0 Å². The van der Waals surface area contributed by atoms with Gasteiger partial charge in [0.25, 0.3) is 0 Å². The van der Waals surface area contributed by atoms with Crippen molar-refractivity contribution in [3.05, 3.63) is 29.3 Å². The fraction of sp³-hybridized carbons (Fsp3) is 0.500. The number of hydrogen-bond acceptors (Lipinski definition) is 3. The van der Waals surface area contributed by atoms with E-state index in [9.17, 15) is 4.79 Å². The molecule has 92 valence electrons. The van der Waals surface area contributed by atoms with Gasteiger partial charge >= 0.3 is 0 Å². The van der Waals surface area contributed by atoms with E-state index >= 15 is 0 Å². The highest BCUT2D eigenvalue weighted by Gasteiger charge is 2.15. The molecule has 0 aromatic heterocycles. The first kappa shape index (κ1) is 12.1. The zero-order valence-corrected chi connectivity index (χ0v) is 10.4. The highest BCUT2D eigenvalue weighted by molar-refractivity contribution is 5.95. The summed E-state index contributed by atoms with van der Waals surface area (Å²) in [5.74, 6) is 0.863. The molecule has 1 atom stereocenters. The lowest BCUT2D eigenvalue weighted by Crippen LogP contribution is -2.25. The van der Waals surface area contributed by atoms with Gasteiger partial charge in [-0.2, -0.15) is 0 Å². The molecule has 17 heavy (non-hydrogen) atoms. The quantitative estimate of drug-likeness (QED) is 0.754. The fourth-order valence-corrected chi connectivity index (χ4v) is 2.06. The third-order valence-electron chi connectivity index (χ3n) is 2.98. The highest BCUT2D eigenvalue weighted by Crippen LogP contribution is 2.22. The number of Topliss-reactive ketones (excluding diaryl/α,β-unsaturated/α-hetero) is 1. The summed E-state index contributed by atoms with van der Waals surface area (Å²) in [5.41, 5.74) is 1.70. The van der Waals surface area contributed by atoms with E-state index in [-0.39, 0.29) is 12.1 Å². The van der Waals surface area contributed by atoms with E-state index in [2.05, 4.69) is 0 Å². The van der Waals surface area contributed by atoms with Crippen LogP contribution in [0.1, 0.15) is 42.1 Å². The summed E-state index contributed by atoms with van der Waals surface area (Å²) in [5, 5.41) is 0. The Morgan fingerprint density at radius 1 is 1.41 bits per heavy atom. The number of ether oxygens (including phenoxy) is 2. The minimum absolute atomic E-state index is 0.0861. The van der Waals surface area contributed by atoms with Crippen molar-refractivity contribution in [2.75, 3.05) is 6.61 Å². The predicted molar refractivity (Wildman–Crippen MR) is 65.4 cm³/mol. The minimum atomic E-state index is -0.133. The second kappa shape index (κ2) is 5.32. The third-order valence-corrected chi connectivity index (χ3v) is 2.98. The Morgan fingerprint density at radius 3 is 2.82 bits per heavy atom. The second-order valence-corrected chi connectivity index (χ2v) is 4.45. The monoisotopic (exact) mass is 234 g/mol. The van der Waals surface area contributed by atoms with E-state index in [0.29, 0.717) is 0 Å². The molecule has 3 nitrogen and oxygen atoms in total. The molecule has 0 N–H and O–H groups in total. The third kappa shape index (κ3) is 3.07. The minimum Gasteiger partial charge on any atom is -0.465 e. The topological polar surface area (TPSA) is 35.5 Å². The Labute approximate surface area is 102 Å². The number of carbonyl (C=O) groups excluding carboxylic acids is 1. The summed E-state index contributed by atoms with van der Waals surface area (Å²) in [7, 11) is 0. The van der Waals surface area contributed by atoms with E-state index in [1.54, 1.807) is 6.92 Å². The van der Waals surface area contributed by atoms with Gasteiger partial charge in [-0.05, 0) is 50.5 Å². The van der Waals surface area contributed by atoms with Gasteiger partial charge < -0.3 is 9.47 Å². The van der Waals surface area contributed by atoms with Gasteiger partial charge in [-0.3, -0.25) is 4.79 Å². The molecular weight excluding hydrogens is 216 g/mol. The van der Waals surface area contributed by atoms with E-state index in [1.165, 1.54) is 0 Å². The summed E-state index contributed by atoms with van der Waals surface area (Å²) >= 11 is 0. The molecule has 0 bridgehead atoms. The molecule has 1 fully saturated rings. The molecule has 1 saturated heterocycles. The summed E-state index contributed by atoms with van der Waals surface area (Å²) in [4.78, 5) is 11.3. The number of benzene rings is 1. The first-order valence-corrected chi connectivity index (χ1v) is 6.06. The maximum atomic E-state index is 11.3. The zero-order valence-electron chi connectivity index (χ0n) is 10.4. The van der Waals surface area contributed by atoms with Crippen LogP contribution in [0.3, 0.4) is 0 Å². The zero-order chi connectivity index (χ0) is 12.3. The van der Waals surface area contributed by atoms with Crippen molar-refractivity contribution in [2.45, 2.75) is 39.4 Å². The Balaban J connectivity index is 2.06. The van der Waals surface area contributed by atoms with Crippen LogP contribution in [0.2, 0.25) is 0 Å². The predicted octanol–water partition coefficient (Wildman–Crippen LogP) is 3.10. The second-order valence-electron chi connectivity index (χ2n) is 4.45. The van der Waals surface area contributed by atoms with Crippen molar-refractivity contribution in [3.63, 3.8) is 0 Å². The van der Waals surface area contributed by atoms with Crippen LogP contribution in [0.15, 0.2) is 18.2 Å². The van der Waals surface area contributed by atoms with Gasteiger partial charge in [0.1, 0.15) is 5.75 Å². The molecule has 0 aliphatic carbocycles. The summed E-state index contributed by atoms with van der Waals surface area (Å²) < 4.78 is 11.2. The lowest BCUT2D eigenvalue weighted by atomic mass is 10.1. The molecule has 1 aliphatic heterocycles. The van der Waals surface area contributed by atoms with Crippen LogP contribution in [0.5, 0.6) is 5.75 Å². The molecule has 1 aliphatic rings. The van der Waals surface area contributed by atoms with E-state index in [0.717, 1.165) is 42.7 Å². The molecule has 1 aromatic carbocycles. The van der Waals surface area contributed by atoms with Crippen LogP contribution in [0, 0.1) is 6.92 Å². The summed E-state index contributed by atoms with van der Waals surface area (Å²) in [6, 6.07) is 5.55. The van der Waals surface area contributed by atoms with Crippen LogP contribution in [0.25, 0.3) is 0 Å². The Kier molecular flexibility index (Phi) is 3.79. The fourth-order valence-electron chi connectivity index (χ4n) is 2.06. The van der Waals surface area contributed by atoms with E-state index in [4.69, 9.17) is 9.47 Å². The first-order valence-electron chi connectivity index (χ1n) is 6.06. The molecule has 0 saturated carbocycles. The summed E-state index contributed by atoms with van der Waals surface area (Å²) in [6.07, 6.45) is 3.07. The lowest BCUT2D eigenvalue weighted by Gasteiger charge is -2.23. The SMILES string of the molecule is CC(=O)c1ccc(O[C@H]2CCCCO2)cc1C. The van der Waals surface area contributed by atoms with Crippen molar-refractivity contribution < 1.29 is 14.3 Å². The number of aryl methyl sites for hydroxylation is 1. The van der Waals surface area contributed by atoms with Gasteiger partial charge in [-0.1, -0.05) is 0 Å². The van der Waals surface area contributed by atoms with Gasteiger partial charge in [-0.25, -0.2) is 0 Å². The van der Waals surface area contributed by atoms with Crippen LogP contribution >= 0.6 is 0 Å². The summed E-state index contributed by atoms with van der Waals surface area (Å²) in [6.45, 7) is 4.27. The van der Waals surface area contributed by atoms with Crippen molar-refractivity contribution in [2.24, 2.45) is 0 Å². The molecule has 0 amide bonds. The molecular formula is C14H18O3. The lowest BCUT2D eigenvalue weighted by molar-refractivity contribution is -0.105. The molecule has 3 heteroatoms. The maximum Gasteiger partial charge on any atom is 0.199 e. The van der Waals surface area contributed by atoms with Gasteiger partial charge in [0.2, 0.25) is 0 Å². The average Bonchev–Trinajstić information content (AvgIpc) is 2.30. The Bertz CT molecular complexity index is 406. The number of carbonyl (C=O) groups is 1. The number of ketones is 1. The maximum absolute atomic E-state index is 11.3. The van der Waals surface area contributed by atoms with Crippen LogP contribution < -0.4 is 4.74 Å². The van der Waals surface area contributed by atoms with Gasteiger partial charge in [0, 0.05) is 12.0 Å². The smallest absolute Gasteiger partial charge is 0.199 e. The van der Waals surface area contributed by atoms with Crippen LogP contribution in [0.4, 0.5) is 0 Å². The number of hydrogen-bond donors (Lipinski definition) is 0. The number of rotatable bonds is 3. The van der Waals surface area contributed by atoms with Crippen molar-refractivity contribution >= 4 is 5.78 Å². The highest BCUT2D eigenvalue weighted by atomic mass is 16.7. The molecule has 1 aromatic rings. The van der Waals surface area contributed by atoms with Gasteiger partial charge in [0.15, 0.2) is 12.1 Å². The molecule has 0 spiro atoms.